The lowest BCUT2D eigenvalue weighted by Crippen LogP contribution is -2.30. The van der Waals surface area contributed by atoms with E-state index >= 15 is 0 Å². The number of thiocarbonyl (C=S) groups is 1. The number of hydrogen-bond donors (Lipinski definition) is 1. The molecule has 7 heteroatoms. The normalized spacial score (nSPS) is 10.8. The van der Waals surface area contributed by atoms with Gasteiger partial charge in [-0.3, -0.25) is 0 Å². The molecule has 0 aromatic heterocycles. The molecule has 1 N–H and O–H groups in total. The first kappa shape index (κ1) is 12.2. The number of benzene rings is 1. The zero-order chi connectivity index (χ0) is 11.5. The van der Waals surface area contributed by atoms with Crippen LogP contribution in [0.1, 0.15) is 0 Å². The molecule has 0 unspecified atom stereocenters. The molecule has 0 bridgehead atoms. The second kappa shape index (κ2) is 4.78. The molecule has 0 spiro atoms. The van der Waals surface area contributed by atoms with Crippen molar-refractivity contribution in [2.24, 2.45) is 0 Å². The van der Waals surface area contributed by atoms with Crippen molar-refractivity contribution in [2.45, 2.75) is 4.90 Å². The Balaban J connectivity index is 2.96. The molecule has 1 aromatic carbocycles. The fourth-order valence-corrected chi connectivity index (χ4v) is 2.19. The van der Waals surface area contributed by atoms with E-state index in [0.717, 1.165) is 0 Å². The van der Waals surface area contributed by atoms with Gasteiger partial charge in [-0.25, -0.2) is 13.1 Å². The van der Waals surface area contributed by atoms with E-state index in [0.29, 0.717) is 5.02 Å². The van der Waals surface area contributed by atoms with E-state index < -0.39 is 10.0 Å². The molecule has 0 aliphatic heterocycles. The highest BCUT2D eigenvalue weighted by Gasteiger charge is 2.15. The van der Waals surface area contributed by atoms with E-state index in [-0.39, 0.29) is 10.1 Å². The van der Waals surface area contributed by atoms with Crippen LogP contribution < -0.4 is 4.72 Å². The lowest BCUT2D eigenvalue weighted by atomic mass is 10.4. The summed E-state index contributed by atoms with van der Waals surface area (Å²) in [6.07, 6.45) is 0. The zero-order valence-corrected chi connectivity index (χ0v) is 10.1. The van der Waals surface area contributed by atoms with Crippen LogP contribution >= 0.6 is 23.8 Å². The summed E-state index contributed by atoms with van der Waals surface area (Å²) in [5.74, 6) is 0. The van der Waals surface area contributed by atoms with Crippen LogP contribution in [0, 0.1) is 0 Å². The highest BCUT2D eigenvalue weighted by atomic mass is 35.5. The molecule has 0 atom stereocenters. The summed E-state index contributed by atoms with van der Waals surface area (Å²) < 4.78 is 29.8. The Morgan fingerprint density at radius 2 is 1.93 bits per heavy atom. The molecule has 0 radical (unpaired) electrons. The lowest BCUT2D eigenvalue weighted by Gasteiger charge is -2.07. The first-order valence-corrected chi connectivity index (χ1v) is 6.09. The van der Waals surface area contributed by atoms with Crippen molar-refractivity contribution in [3.63, 3.8) is 0 Å². The minimum atomic E-state index is -3.66. The average Bonchev–Trinajstić information content (AvgIpc) is 2.17. The Morgan fingerprint density at radius 1 is 1.40 bits per heavy atom. The highest BCUT2D eigenvalue weighted by molar-refractivity contribution is 7.91. The maximum Gasteiger partial charge on any atom is 0.270 e. The fourth-order valence-electron chi connectivity index (χ4n) is 0.824. The molecule has 0 fully saturated rings. The van der Waals surface area contributed by atoms with Gasteiger partial charge in [-0.05, 0) is 36.5 Å². The number of hydrogen-bond acceptors (Lipinski definition) is 4. The van der Waals surface area contributed by atoms with E-state index in [4.69, 9.17) is 11.6 Å². The smallest absolute Gasteiger partial charge is 0.270 e. The topological polar surface area (TPSA) is 55.4 Å². The second-order valence-corrected chi connectivity index (χ2v) is 5.04. The van der Waals surface area contributed by atoms with E-state index in [2.05, 4.69) is 21.7 Å². The molecular weight excluding hydrogens is 258 g/mol. The summed E-state index contributed by atoms with van der Waals surface area (Å²) in [6.45, 7) is 0. The number of rotatable bonds is 2. The first-order chi connectivity index (χ1) is 6.95. The molecule has 0 aliphatic carbocycles. The van der Waals surface area contributed by atoms with Crippen molar-refractivity contribution in [3.05, 3.63) is 29.3 Å². The summed E-state index contributed by atoms with van der Waals surface area (Å²) in [4.78, 5) is 0.0753. The van der Waals surface area contributed by atoms with Gasteiger partial charge in [-0.1, -0.05) is 11.6 Å². The first-order valence-electron chi connectivity index (χ1n) is 3.82. The maximum absolute atomic E-state index is 11.6. The van der Waals surface area contributed by atoms with Crippen LogP contribution in [0.15, 0.2) is 29.2 Å². The van der Waals surface area contributed by atoms with Gasteiger partial charge in [0.1, 0.15) is 0 Å². The largest absolute Gasteiger partial charge is 0.474 e. The molecular formula is C8H8ClNO3S2. The molecule has 0 saturated carbocycles. The van der Waals surface area contributed by atoms with Crippen molar-refractivity contribution < 1.29 is 13.2 Å². The van der Waals surface area contributed by atoms with Gasteiger partial charge in [0.25, 0.3) is 15.2 Å². The van der Waals surface area contributed by atoms with E-state index in [1.807, 2.05) is 0 Å². The van der Waals surface area contributed by atoms with Crippen LogP contribution in [-0.2, 0) is 14.8 Å². The van der Waals surface area contributed by atoms with E-state index in [1.165, 1.54) is 31.4 Å². The van der Waals surface area contributed by atoms with Crippen molar-refractivity contribution in [2.75, 3.05) is 7.11 Å². The Bertz CT molecular complexity index is 455. The Morgan fingerprint density at radius 3 is 2.40 bits per heavy atom. The highest BCUT2D eigenvalue weighted by Crippen LogP contribution is 2.13. The zero-order valence-electron chi connectivity index (χ0n) is 7.73. The van der Waals surface area contributed by atoms with Crippen molar-refractivity contribution in [1.29, 1.82) is 0 Å². The van der Waals surface area contributed by atoms with Crippen molar-refractivity contribution in [1.82, 2.24) is 4.72 Å². The average molecular weight is 266 g/mol. The van der Waals surface area contributed by atoms with Gasteiger partial charge in [0.2, 0.25) is 0 Å². The predicted molar refractivity (Wildman–Crippen MR) is 61.4 cm³/mol. The molecule has 4 nitrogen and oxygen atoms in total. The standard InChI is InChI=1S/C8H8ClNO3S2/c1-13-8(14)10-15(11,12)7-4-2-6(9)3-5-7/h2-5H,1H3,(H,10,14). The molecule has 82 valence electrons. The predicted octanol–water partition coefficient (Wildman–Crippen LogP) is 1.55. The third-order valence-electron chi connectivity index (χ3n) is 1.53. The molecule has 1 aromatic rings. The number of nitrogens with one attached hydrogen (secondary N) is 1. The van der Waals surface area contributed by atoms with Crippen LogP contribution in [0.2, 0.25) is 5.02 Å². The second-order valence-electron chi connectivity index (χ2n) is 2.55. The van der Waals surface area contributed by atoms with Crippen LogP contribution in [0.25, 0.3) is 0 Å². The van der Waals surface area contributed by atoms with Crippen molar-refractivity contribution >= 4 is 39.0 Å². The minimum absolute atomic E-state index is 0.0753. The molecule has 0 amide bonds. The number of ether oxygens (including phenoxy) is 1. The van der Waals surface area contributed by atoms with Crippen molar-refractivity contribution in [3.8, 4) is 0 Å². The minimum Gasteiger partial charge on any atom is -0.474 e. The molecule has 0 aliphatic rings. The quantitative estimate of drug-likeness (QED) is 0.825. The van der Waals surface area contributed by atoms with Crippen LogP contribution in [0.3, 0.4) is 0 Å². The SMILES string of the molecule is COC(=S)NS(=O)(=O)c1ccc(Cl)cc1. The molecule has 0 heterocycles. The van der Waals surface area contributed by atoms with Gasteiger partial charge in [-0.15, -0.1) is 0 Å². The van der Waals surface area contributed by atoms with Crippen LogP contribution in [0.4, 0.5) is 0 Å². The Labute approximate surface area is 98.2 Å². The Kier molecular flexibility index (Phi) is 3.90. The van der Waals surface area contributed by atoms with Gasteiger partial charge in [0, 0.05) is 5.02 Å². The van der Waals surface area contributed by atoms with E-state index in [9.17, 15) is 8.42 Å². The van der Waals surface area contributed by atoms with E-state index in [1.54, 1.807) is 0 Å². The van der Waals surface area contributed by atoms with Gasteiger partial charge in [0.15, 0.2) is 0 Å². The third kappa shape index (κ3) is 3.33. The van der Waals surface area contributed by atoms with Crippen LogP contribution in [-0.4, -0.2) is 20.7 Å². The molecule has 15 heavy (non-hydrogen) atoms. The maximum atomic E-state index is 11.6. The summed E-state index contributed by atoms with van der Waals surface area (Å²) in [5.41, 5.74) is 0. The summed E-state index contributed by atoms with van der Waals surface area (Å²) in [6, 6.07) is 5.71. The molecule has 0 saturated heterocycles. The number of sulfonamides is 1. The van der Waals surface area contributed by atoms with Gasteiger partial charge >= 0.3 is 0 Å². The van der Waals surface area contributed by atoms with Gasteiger partial charge < -0.3 is 4.74 Å². The van der Waals surface area contributed by atoms with Gasteiger partial charge in [-0.2, -0.15) is 0 Å². The monoisotopic (exact) mass is 265 g/mol. The summed E-state index contributed by atoms with van der Waals surface area (Å²) in [5, 5.41) is 0.258. The Hall–Kier alpha value is -0.850. The fraction of sp³-hybridized carbons (Fsp3) is 0.125. The van der Waals surface area contributed by atoms with Gasteiger partial charge in [0.05, 0.1) is 12.0 Å². The molecule has 1 rings (SSSR count). The third-order valence-corrected chi connectivity index (χ3v) is 3.52. The van der Waals surface area contributed by atoms with Crippen LogP contribution in [0.5, 0.6) is 0 Å². The summed E-state index contributed by atoms with van der Waals surface area (Å²) in [7, 11) is -2.38. The number of halogens is 1. The summed E-state index contributed by atoms with van der Waals surface area (Å²) >= 11 is 10.2. The number of methoxy groups -OCH3 is 1. The lowest BCUT2D eigenvalue weighted by molar-refractivity contribution is 0.402.